The predicted molar refractivity (Wildman–Crippen MR) is 19.4 cm³/mol. The number of phosphoric acid groups is 1. The van der Waals surface area contributed by atoms with Crippen LogP contribution in [0, 0.1) is 0 Å². The van der Waals surface area contributed by atoms with E-state index in [9.17, 15) is 19.1 Å². The minimum atomic E-state index is -5.07. The smallest absolute Gasteiger partial charge is 0.305 e. The third kappa shape index (κ3) is 5.62. The van der Waals surface area contributed by atoms with E-state index in [-0.39, 0.29) is 0 Å². The molecular weight excluding hydrogens is 135 g/mol. The zero-order chi connectivity index (χ0) is 6.78. The third-order valence-electron chi connectivity index (χ3n) is 0.240. The molecule has 0 aromatic carbocycles. The minimum Gasteiger partial charge on any atom is -0.780 e. The van der Waals surface area contributed by atoms with Crippen molar-refractivity contribution >= 4 is 13.8 Å². The lowest BCUT2D eigenvalue weighted by molar-refractivity contribution is -0.337. The van der Waals surface area contributed by atoms with E-state index in [4.69, 9.17) is 0 Å². The Balaban J connectivity index is 3.74. The van der Waals surface area contributed by atoms with Crippen molar-refractivity contribution in [2.45, 2.75) is 6.92 Å². The van der Waals surface area contributed by atoms with Crippen molar-refractivity contribution in [3.05, 3.63) is 0 Å². The van der Waals surface area contributed by atoms with Crippen LogP contribution in [0.25, 0.3) is 0 Å². The Kier molecular flexibility index (Phi) is 2.15. The van der Waals surface area contributed by atoms with Gasteiger partial charge in [-0.3, -0.25) is 4.79 Å². The quantitative estimate of drug-likeness (QED) is 0.406. The average Bonchev–Trinajstić information content (AvgIpc) is 1.21. The standard InChI is InChI=1S/C2H5O5P/c1-2(3)7-8(4,5)6/h1H3,(H2,4,5,6)/p-2. The minimum absolute atomic E-state index is 0.836. The van der Waals surface area contributed by atoms with Crippen LogP contribution in [-0.2, 0) is 13.9 Å². The molecule has 0 aliphatic rings. The van der Waals surface area contributed by atoms with Crippen molar-refractivity contribution in [1.82, 2.24) is 0 Å². The Hall–Kier alpha value is -0.380. The molecule has 0 saturated carbocycles. The molecule has 0 aromatic rings. The first-order valence-electron chi connectivity index (χ1n) is 1.64. The highest BCUT2D eigenvalue weighted by Crippen LogP contribution is 2.23. The van der Waals surface area contributed by atoms with Gasteiger partial charge < -0.3 is 18.9 Å². The number of hydrogen-bond donors (Lipinski definition) is 0. The average molecular weight is 138 g/mol. The molecule has 0 aliphatic heterocycles. The predicted octanol–water partition coefficient (Wildman–Crippen LogP) is -1.62. The highest BCUT2D eigenvalue weighted by atomic mass is 31.2. The van der Waals surface area contributed by atoms with Crippen LogP contribution in [-0.4, -0.2) is 5.97 Å². The van der Waals surface area contributed by atoms with Crippen molar-refractivity contribution in [3.63, 3.8) is 0 Å². The fraction of sp³-hybridized carbons (Fsp3) is 0.500. The molecule has 0 heterocycles. The second-order valence-corrected chi connectivity index (χ2v) is 2.11. The van der Waals surface area contributed by atoms with Gasteiger partial charge in [-0.15, -0.1) is 0 Å². The molecule has 0 N–H and O–H groups in total. The van der Waals surface area contributed by atoms with E-state index in [2.05, 4.69) is 4.52 Å². The largest absolute Gasteiger partial charge is 0.780 e. The van der Waals surface area contributed by atoms with Crippen molar-refractivity contribution in [2.24, 2.45) is 0 Å². The third-order valence-corrected chi connectivity index (χ3v) is 0.721. The van der Waals surface area contributed by atoms with Gasteiger partial charge in [0.25, 0.3) is 0 Å². The Bertz CT molecular complexity index is 133. The molecule has 5 nitrogen and oxygen atoms in total. The summed E-state index contributed by atoms with van der Waals surface area (Å²) in [5.74, 6) is -1.11. The van der Waals surface area contributed by atoms with Gasteiger partial charge in [0.15, 0.2) is 0 Å². The Morgan fingerprint density at radius 1 is 1.62 bits per heavy atom. The van der Waals surface area contributed by atoms with E-state index in [1.54, 1.807) is 0 Å². The van der Waals surface area contributed by atoms with Crippen LogP contribution in [0.2, 0.25) is 0 Å². The number of carbonyl (C=O) groups excluding carboxylic acids is 1. The second kappa shape index (κ2) is 2.26. The van der Waals surface area contributed by atoms with Gasteiger partial charge >= 0.3 is 5.97 Å². The Morgan fingerprint density at radius 3 is 2.00 bits per heavy atom. The fourth-order valence-corrected chi connectivity index (χ4v) is 0.472. The summed E-state index contributed by atoms with van der Waals surface area (Å²) in [5, 5.41) is 0. The van der Waals surface area contributed by atoms with E-state index in [1.807, 2.05) is 0 Å². The SMILES string of the molecule is CC(=O)OP(=O)([O-])[O-]. The molecule has 0 atom stereocenters. The molecule has 0 fully saturated rings. The van der Waals surface area contributed by atoms with Gasteiger partial charge in [0.1, 0.15) is 7.82 Å². The molecule has 0 aromatic heterocycles. The molecule has 0 bridgehead atoms. The summed E-state index contributed by atoms with van der Waals surface area (Å²) >= 11 is 0. The maximum Gasteiger partial charge on any atom is 0.305 e. The van der Waals surface area contributed by atoms with Gasteiger partial charge in [-0.2, -0.15) is 0 Å². The lowest BCUT2D eigenvalue weighted by Crippen LogP contribution is -2.18. The molecule has 6 heteroatoms. The zero-order valence-corrected chi connectivity index (χ0v) is 4.88. The van der Waals surface area contributed by atoms with Gasteiger partial charge in [0.05, 0.1) is 0 Å². The second-order valence-electron chi connectivity index (χ2n) is 1.03. The van der Waals surface area contributed by atoms with Crippen LogP contribution in [0.1, 0.15) is 6.92 Å². The summed E-state index contributed by atoms with van der Waals surface area (Å²) in [6.07, 6.45) is 0. The lowest BCUT2D eigenvalue weighted by Gasteiger charge is -2.26. The number of carbonyl (C=O) groups is 1. The van der Waals surface area contributed by atoms with Gasteiger partial charge in [-0.05, 0) is 0 Å². The van der Waals surface area contributed by atoms with Crippen LogP contribution >= 0.6 is 7.82 Å². The molecule has 0 amide bonds. The van der Waals surface area contributed by atoms with Crippen LogP contribution in [0.15, 0.2) is 0 Å². The first-order valence-corrected chi connectivity index (χ1v) is 3.10. The molecule has 0 spiro atoms. The first kappa shape index (κ1) is 7.62. The number of rotatable bonds is 1. The summed E-state index contributed by atoms with van der Waals surface area (Å²) in [6, 6.07) is 0. The summed E-state index contributed by atoms with van der Waals surface area (Å²) in [4.78, 5) is 28.6. The highest BCUT2D eigenvalue weighted by Gasteiger charge is 1.92. The van der Waals surface area contributed by atoms with E-state index in [0.29, 0.717) is 0 Å². The van der Waals surface area contributed by atoms with E-state index >= 15 is 0 Å². The zero-order valence-electron chi connectivity index (χ0n) is 3.99. The van der Waals surface area contributed by atoms with Crippen molar-refractivity contribution in [2.75, 3.05) is 0 Å². The molecule has 0 saturated heterocycles. The molecule has 0 aliphatic carbocycles. The topological polar surface area (TPSA) is 89.5 Å². The number of phosphoric ester groups is 1. The fourth-order valence-electron chi connectivity index (χ4n) is 0.157. The maximum atomic E-state index is 9.66. The van der Waals surface area contributed by atoms with Crippen LogP contribution < -0.4 is 9.79 Å². The Labute approximate surface area is 45.5 Å². The molecular formula is C2H3O5P-2. The summed E-state index contributed by atoms with van der Waals surface area (Å²) in [5.41, 5.74) is 0. The van der Waals surface area contributed by atoms with E-state index < -0.39 is 13.8 Å². The molecule has 48 valence electrons. The van der Waals surface area contributed by atoms with E-state index in [0.717, 1.165) is 6.92 Å². The normalized spacial score (nSPS) is 10.9. The summed E-state index contributed by atoms with van der Waals surface area (Å²) < 4.78 is 12.7. The van der Waals surface area contributed by atoms with Crippen molar-refractivity contribution < 1.29 is 23.7 Å². The van der Waals surface area contributed by atoms with Gasteiger partial charge in [-0.1, -0.05) is 0 Å². The summed E-state index contributed by atoms with van der Waals surface area (Å²) in [7, 11) is -5.07. The highest BCUT2D eigenvalue weighted by molar-refractivity contribution is 7.43. The maximum absolute atomic E-state index is 9.66. The molecule has 8 heavy (non-hydrogen) atoms. The van der Waals surface area contributed by atoms with Gasteiger partial charge in [0.2, 0.25) is 0 Å². The van der Waals surface area contributed by atoms with Crippen LogP contribution in [0.4, 0.5) is 0 Å². The van der Waals surface area contributed by atoms with Crippen molar-refractivity contribution in [3.8, 4) is 0 Å². The first-order chi connectivity index (χ1) is 3.42. The molecule has 0 radical (unpaired) electrons. The lowest BCUT2D eigenvalue weighted by atomic mass is 10.9. The monoisotopic (exact) mass is 138 g/mol. The summed E-state index contributed by atoms with van der Waals surface area (Å²) in [6.45, 7) is 0.836. The number of hydrogen-bond acceptors (Lipinski definition) is 5. The van der Waals surface area contributed by atoms with Crippen LogP contribution in [0.5, 0.6) is 0 Å². The van der Waals surface area contributed by atoms with Crippen molar-refractivity contribution in [1.29, 1.82) is 0 Å². The van der Waals surface area contributed by atoms with Gasteiger partial charge in [-0.25, -0.2) is 0 Å². The van der Waals surface area contributed by atoms with Crippen LogP contribution in [0.3, 0.4) is 0 Å². The van der Waals surface area contributed by atoms with E-state index in [1.165, 1.54) is 0 Å². The Morgan fingerprint density at radius 2 is 2.00 bits per heavy atom. The molecule has 0 unspecified atom stereocenters. The van der Waals surface area contributed by atoms with Gasteiger partial charge in [0, 0.05) is 6.92 Å². The molecule has 0 rings (SSSR count).